The van der Waals surface area contributed by atoms with Gasteiger partial charge in [0.05, 0.1) is 5.71 Å². The van der Waals surface area contributed by atoms with Crippen molar-refractivity contribution in [2.75, 3.05) is 0 Å². The monoisotopic (exact) mass is 330 g/mol. The zero-order chi connectivity index (χ0) is 17.0. The zero-order valence-electron chi connectivity index (χ0n) is 14.2. The Balaban J connectivity index is 2.10. The maximum Gasteiger partial charge on any atom is 0.219 e. The molecule has 0 aliphatic heterocycles. The first kappa shape index (κ1) is 17.5. The molecule has 0 radical (unpaired) electrons. The van der Waals surface area contributed by atoms with Crippen LogP contribution in [0.5, 0.6) is 11.6 Å². The van der Waals surface area contributed by atoms with E-state index in [2.05, 4.69) is 9.38 Å². The second kappa shape index (κ2) is 7.15. The Kier molecular flexibility index (Phi) is 5.44. The van der Waals surface area contributed by atoms with Gasteiger partial charge in [-0.1, -0.05) is 22.1 Å². The van der Waals surface area contributed by atoms with Crippen LogP contribution in [0.4, 0.5) is 0 Å². The number of rotatable bonds is 4. The average Bonchev–Trinajstić information content (AvgIpc) is 2.49. The number of aromatic nitrogens is 1. The number of hydrogen-bond donors (Lipinski definition) is 0. The van der Waals surface area contributed by atoms with Gasteiger partial charge in [0.15, 0.2) is 0 Å². The van der Waals surface area contributed by atoms with Crippen molar-refractivity contribution in [1.29, 1.82) is 0 Å². The predicted molar refractivity (Wildman–Crippen MR) is 95.6 cm³/mol. The lowest BCUT2D eigenvalue weighted by molar-refractivity contribution is 0.463. The Bertz CT molecular complexity index is 674. The summed E-state index contributed by atoms with van der Waals surface area (Å²) in [5.74, 6) is 1.26. The molecule has 0 N–H and O–H groups in total. The minimum Gasteiger partial charge on any atom is -0.591 e. The van der Waals surface area contributed by atoms with Gasteiger partial charge in [0, 0.05) is 17.8 Å². The fraction of sp³-hybridized carbons (Fsp3) is 0.333. The van der Waals surface area contributed by atoms with Gasteiger partial charge >= 0.3 is 0 Å². The van der Waals surface area contributed by atoms with Crippen molar-refractivity contribution in [2.45, 2.75) is 39.4 Å². The van der Waals surface area contributed by atoms with Gasteiger partial charge in [-0.25, -0.2) is 4.98 Å². The fourth-order valence-corrected chi connectivity index (χ4v) is 2.32. The van der Waals surface area contributed by atoms with Gasteiger partial charge in [-0.3, -0.25) is 0 Å². The molecule has 0 bridgehead atoms. The van der Waals surface area contributed by atoms with Crippen LogP contribution >= 0.6 is 0 Å². The SMILES string of the molecule is CC(=N[S+]([O-])C(C)(C)C)c1ccc(Oc2ccc(C)cc2)nc1. The number of hydrogen-bond acceptors (Lipinski definition) is 4. The van der Waals surface area contributed by atoms with Gasteiger partial charge in [-0.05, 0) is 52.8 Å². The fourth-order valence-electron chi connectivity index (χ4n) is 1.70. The zero-order valence-corrected chi connectivity index (χ0v) is 15.0. The highest BCUT2D eigenvalue weighted by atomic mass is 32.2. The topological polar surface area (TPSA) is 57.5 Å². The van der Waals surface area contributed by atoms with Crippen LogP contribution in [0.3, 0.4) is 0 Å². The molecule has 1 unspecified atom stereocenters. The normalized spacial score (nSPS) is 13.7. The second-order valence-corrected chi connectivity index (χ2v) is 8.24. The summed E-state index contributed by atoms with van der Waals surface area (Å²) in [4.78, 5) is 4.28. The Hall–Kier alpha value is -1.85. The molecular formula is C18H22N2O2S. The van der Waals surface area contributed by atoms with E-state index < -0.39 is 11.4 Å². The Labute approximate surface area is 141 Å². The summed E-state index contributed by atoms with van der Waals surface area (Å²) in [7, 11) is 0. The summed E-state index contributed by atoms with van der Waals surface area (Å²) in [5.41, 5.74) is 2.71. The van der Waals surface area contributed by atoms with E-state index in [0.29, 0.717) is 11.6 Å². The smallest absolute Gasteiger partial charge is 0.219 e. The first-order valence-corrected chi connectivity index (χ1v) is 8.54. The minimum absolute atomic E-state index is 0.372. The Morgan fingerprint density at radius 1 is 1.13 bits per heavy atom. The molecule has 0 saturated carbocycles. The van der Waals surface area contributed by atoms with Gasteiger partial charge in [0.2, 0.25) is 5.88 Å². The van der Waals surface area contributed by atoms with Gasteiger partial charge in [-0.15, -0.1) is 0 Å². The summed E-state index contributed by atoms with van der Waals surface area (Å²) in [6.45, 7) is 9.56. The Morgan fingerprint density at radius 3 is 2.30 bits per heavy atom. The molecule has 2 rings (SSSR count). The van der Waals surface area contributed by atoms with Crippen LogP contribution in [0, 0.1) is 6.92 Å². The van der Waals surface area contributed by atoms with Crippen LogP contribution in [0.1, 0.15) is 38.8 Å². The van der Waals surface area contributed by atoms with Crippen molar-refractivity contribution in [3.8, 4) is 11.6 Å². The molecule has 1 heterocycles. The van der Waals surface area contributed by atoms with E-state index in [1.165, 1.54) is 5.56 Å². The third kappa shape index (κ3) is 5.08. The lowest BCUT2D eigenvalue weighted by Crippen LogP contribution is -2.26. The van der Waals surface area contributed by atoms with E-state index in [1.54, 1.807) is 12.3 Å². The van der Waals surface area contributed by atoms with Crippen molar-refractivity contribution in [3.63, 3.8) is 0 Å². The molecule has 4 nitrogen and oxygen atoms in total. The highest BCUT2D eigenvalue weighted by Crippen LogP contribution is 2.21. The molecule has 23 heavy (non-hydrogen) atoms. The van der Waals surface area contributed by atoms with Crippen LogP contribution in [-0.2, 0) is 11.4 Å². The second-order valence-electron chi connectivity index (χ2n) is 6.34. The van der Waals surface area contributed by atoms with Crippen LogP contribution in [0.25, 0.3) is 0 Å². The van der Waals surface area contributed by atoms with Crippen molar-refractivity contribution in [2.24, 2.45) is 4.40 Å². The van der Waals surface area contributed by atoms with E-state index in [-0.39, 0.29) is 4.75 Å². The lowest BCUT2D eigenvalue weighted by Gasteiger charge is -2.18. The van der Waals surface area contributed by atoms with Gasteiger partial charge in [0.25, 0.3) is 0 Å². The predicted octanol–water partition coefficient (Wildman–Crippen LogP) is 4.45. The number of ether oxygens (including phenoxy) is 1. The molecule has 1 aromatic heterocycles. The molecule has 2 aromatic rings. The average molecular weight is 330 g/mol. The van der Waals surface area contributed by atoms with Crippen molar-refractivity contribution in [3.05, 3.63) is 53.7 Å². The van der Waals surface area contributed by atoms with Gasteiger partial charge in [0.1, 0.15) is 21.9 Å². The molecule has 5 heteroatoms. The molecule has 1 aromatic carbocycles. The van der Waals surface area contributed by atoms with Gasteiger partial charge in [-0.2, -0.15) is 0 Å². The van der Waals surface area contributed by atoms with Crippen LogP contribution in [0.2, 0.25) is 0 Å². The summed E-state index contributed by atoms with van der Waals surface area (Å²) in [6, 6.07) is 11.4. The molecule has 122 valence electrons. The number of pyridine rings is 1. The molecule has 0 aliphatic rings. The third-order valence-electron chi connectivity index (χ3n) is 3.14. The van der Waals surface area contributed by atoms with Crippen LogP contribution in [0.15, 0.2) is 47.0 Å². The largest absolute Gasteiger partial charge is 0.591 e. The maximum atomic E-state index is 12.1. The quantitative estimate of drug-likeness (QED) is 0.614. The summed E-state index contributed by atoms with van der Waals surface area (Å²) >= 11 is -1.28. The summed E-state index contributed by atoms with van der Waals surface area (Å²) in [6.07, 6.45) is 1.68. The summed E-state index contributed by atoms with van der Waals surface area (Å²) in [5, 5.41) is 0. The van der Waals surface area contributed by atoms with Crippen molar-refractivity contribution in [1.82, 2.24) is 4.98 Å². The van der Waals surface area contributed by atoms with Crippen molar-refractivity contribution >= 4 is 17.1 Å². The van der Waals surface area contributed by atoms with Crippen LogP contribution < -0.4 is 4.74 Å². The highest BCUT2D eigenvalue weighted by molar-refractivity contribution is 7.91. The Morgan fingerprint density at radius 2 is 1.78 bits per heavy atom. The first-order chi connectivity index (χ1) is 10.8. The van der Waals surface area contributed by atoms with E-state index in [4.69, 9.17) is 4.74 Å². The molecule has 0 spiro atoms. The van der Waals surface area contributed by atoms with Gasteiger partial charge < -0.3 is 9.29 Å². The number of benzene rings is 1. The van der Waals surface area contributed by atoms with Crippen LogP contribution in [-0.4, -0.2) is 20.0 Å². The standard InChI is InChI=1S/C18H22N2O2S/c1-13-6-9-16(10-7-13)22-17-11-8-15(12-19-17)14(2)20-23(21)18(3,4)5/h6-12H,1-5H3. The van der Waals surface area contributed by atoms with E-state index in [9.17, 15) is 4.55 Å². The van der Waals surface area contributed by atoms with E-state index in [1.807, 2.05) is 65.0 Å². The number of nitrogens with zero attached hydrogens (tertiary/aromatic N) is 2. The molecule has 1 atom stereocenters. The lowest BCUT2D eigenvalue weighted by atomic mass is 10.2. The molecule has 0 amide bonds. The number of aryl methyl sites for hydroxylation is 1. The van der Waals surface area contributed by atoms with Crippen molar-refractivity contribution < 1.29 is 9.29 Å². The highest BCUT2D eigenvalue weighted by Gasteiger charge is 2.26. The molecule has 0 saturated heterocycles. The van der Waals surface area contributed by atoms with E-state index >= 15 is 0 Å². The molecule has 0 aliphatic carbocycles. The first-order valence-electron chi connectivity index (χ1n) is 7.44. The van der Waals surface area contributed by atoms with E-state index in [0.717, 1.165) is 11.3 Å². The molecule has 0 fully saturated rings. The molecular weight excluding hydrogens is 308 g/mol. The third-order valence-corrected chi connectivity index (χ3v) is 4.63. The maximum absolute atomic E-state index is 12.1. The minimum atomic E-state index is -1.28. The summed E-state index contributed by atoms with van der Waals surface area (Å²) < 4.78 is 21.6.